The largest absolute Gasteiger partial charge is 0.370 e. The normalized spacial score (nSPS) is 24.6. The van der Waals surface area contributed by atoms with Gasteiger partial charge in [-0.15, -0.1) is 0 Å². The number of piperidine rings is 1. The van der Waals surface area contributed by atoms with Crippen molar-refractivity contribution in [1.82, 2.24) is 14.7 Å². The standard InChI is InChI=1S/C15H26N4/c1-3-19-11-7-5-9-13(19)14-12-8-4-6-10-16-15(12)18(2)17-14/h13,16H,3-11H2,1-2H3. The van der Waals surface area contributed by atoms with E-state index in [4.69, 9.17) is 5.10 Å². The lowest BCUT2D eigenvalue weighted by Crippen LogP contribution is -2.33. The number of likely N-dealkylation sites (tertiary alicyclic amines) is 1. The second kappa shape index (κ2) is 5.53. The summed E-state index contributed by atoms with van der Waals surface area (Å²) in [6.07, 6.45) is 7.72. The highest BCUT2D eigenvalue weighted by Crippen LogP contribution is 2.35. The molecule has 4 heteroatoms. The fraction of sp³-hybridized carbons (Fsp3) is 0.800. The van der Waals surface area contributed by atoms with Crippen LogP contribution in [0.3, 0.4) is 0 Å². The zero-order valence-electron chi connectivity index (χ0n) is 12.3. The molecule has 1 N–H and O–H groups in total. The first kappa shape index (κ1) is 13.0. The molecule has 0 amide bonds. The van der Waals surface area contributed by atoms with Gasteiger partial charge in [-0.05, 0) is 45.2 Å². The van der Waals surface area contributed by atoms with E-state index in [9.17, 15) is 0 Å². The summed E-state index contributed by atoms with van der Waals surface area (Å²) in [5, 5.41) is 8.44. The van der Waals surface area contributed by atoms with Gasteiger partial charge in [0.1, 0.15) is 5.82 Å². The van der Waals surface area contributed by atoms with Gasteiger partial charge in [0, 0.05) is 19.2 Å². The number of aryl methyl sites for hydroxylation is 1. The van der Waals surface area contributed by atoms with Gasteiger partial charge < -0.3 is 5.32 Å². The smallest absolute Gasteiger partial charge is 0.127 e. The zero-order valence-corrected chi connectivity index (χ0v) is 12.3. The lowest BCUT2D eigenvalue weighted by molar-refractivity contribution is 0.152. The molecular formula is C15H26N4. The lowest BCUT2D eigenvalue weighted by atomic mass is 9.95. The number of fused-ring (bicyclic) bond motifs is 1. The molecule has 2 aliphatic rings. The van der Waals surface area contributed by atoms with E-state index in [0.29, 0.717) is 6.04 Å². The summed E-state index contributed by atoms with van der Waals surface area (Å²) in [6.45, 7) is 5.75. The van der Waals surface area contributed by atoms with Crippen LogP contribution in [0.25, 0.3) is 0 Å². The molecule has 4 nitrogen and oxygen atoms in total. The first-order valence-electron chi connectivity index (χ1n) is 7.85. The Kier molecular flexibility index (Phi) is 3.78. The minimum Gasteiger partial charge on any atom is -0.370 e. The Balaban J connectivity index is 1.95. The summed E-state index contributed by atoms with van der Waals surface area (Å²) >= 11 is 0. The van der Waals surface area contributed by atoms with E-state index in [1.165, 1.54) is 62.1 Å². The number of hydrogen-bond acceptors (Lipinski definition) is 3. The molecule has 1 saturated heterocycles. The third kappa shape index (κ3) is 2.38. The molecule has 0 saturated carbocycles. The summed E-state index contributed by atoms with van der Waals surface area (Å²) in [4.78, 5) is 2.61. The van der Waals surface area contributed by atoms with E-state index in [1.54, 1.807) is 0 Å². The van der Waals surface area contributed by atoms with Crippen molar-refractivity contribution < 1.29 is 0 Å². The van der Waals surface area contributed by atoms with E-state index in [2.05, 4.69) is 28.9 Å². The van der Waals surface area contributed by atoms with Gasteiger partial charge in [0.25, 0.3) is 0 Å². The number of nitrogens with zero attached hydrogens (tertiary/aromatic N) is 3. The maximum atomic E-state index is 4.87. The molecule has 3 rings (SSSR count). The Bertz CT molecular complexity index is 438. The van der Waals surface area contributed by atoms with Crippen LogP contribution in [0, 0.1) is 0 Å². The van der Waals surface area contributed by atoms with Crippen molar-refractivity contribution in [1.29, 1.82) is 0 Å². The van der Waals surface area contributed by atoms with Gasteiger partial charge >= 0.3 is 0 Å². The topological polar surface area (TPSA) is 33.1 Å². The number of hydrogen-bond donors (Lipinski definition) is 1. The summed E-state index contributed by atoms with van der Waals surface area (Å²) < 4.78 is 2.07. The lowest BCUT2D eigenvalue weighted by Gasteiger charge is -2.34. The first-order valence-corrected chi connectivity index (χ1v) is 7.85. The summed E-state index contributed by atoms with van der Waals surface area (Å²) in [5.74, 6) is 1.27. The Morgan fingerprint density at radius 1 is 1.26 bits per heavy atom. The van der Waals surface area contributed by atoms with E-state index in [-0.39, 0.29) is 0 Å². The predicted octanol–water partition coefficient (Wildman–Crippen LogP) is 2.72. The molecule has 1 aromatic rings. The van der Waals surface area contributed by atoms with Gasteiger partial charge in [-0.1, -0.05) is 13.3 Å². The predicted molar refractivity (Wildman–Crippen MR) is 78.5 cm³/mol. The summed E-state index contributed by atoms with van der Waals surface area (Å²) in [7, 11) is 2.08. The van der Waals surface area contributed by atoms with Crippen LogP contribution >= 0.6 is 0 Å². The third-order valence-electron chi connectivity index (χ3n) is 4.66. The molecule has 3 heterocycles. The first-order chi connectivity index (χ1) is 9.31. The van der Waals surface area contributed by atoms with E-state index in [0.717, 1.165) is 13.1 Å². The molecule has 1 atom stereocenters. The fourth-order valence-electron chi connectivity index (χ4n) is 3.64. The Hall–Kier alpha value is -1.03. The third-order valence-corrected chi connectivity index (χ3v) is 4.66. The van der Waals surface area contributed by atoms with Crippen LogP contribution < -0.4 is 5.32 Å². The molecule has 0 aromatic carbocycles. The minimum atomic E-state index is 0.550. The summed E-state index contributed by atoms with van der Waals surface area (Å²) in [6, 6.07) is 0.550. The second-order valence-electron chi connectivity index (χ2n) is 5.86. The molecule has 0 bridgehead atoms. The maximum Gasteiger partial charge on any atom is 0.127 e. The van der Waals surface area contributed by atoms with Crippen LogP contribution in [0.1, 0.15) is 56.3 Å². The van der Waals surface area contributed by atoms with Crippen molar-refractivity contribution >= 4 is 5.82 Å². The molecule has 1 aromatic heterocycles. The average molecular weight is 262 g/mol. The van der Waals surface area contributed by atoms with Crippen LogP contribution in [0.4, 0.5) is 5.82 Å². The van der Waals surface area contributed by atoms with Crippen LogP contribution in [0.5, 0.6) is 0 Å². The van der Waals surface area contributed by atoms with Crippen LogP contribution in [0.15, 0.2) is 0 Å². The van der Waals surface area contributed by atoms with Crippen molar-refractivity contribution in [3.8, 4) is 0 Å². The van der Waals surface area contributed by atoms with Gasteiger partial charge in [-0.3, -0.25) is 9.58 Å². The molecule has 0 radical (unpaired) electrons. The Morgan fingerprint density at radius 2 is 2.16 bits per heavy atom. The molecule has 19 heavy (non-hydrogen) atoms. The van der Waals surface area contributed by atoms with E-state index in [1.807, 2.05) is 0 Å². The zero-order chi connectivity index (χ0) is 13.2. The van der Waals surface area contributed by atoms with Crippen LogP contribution in [-0.2, 0) is 13.5 Å². The van der Waals surface area contributed by atoms with Crippen molar-refractivity contribution in [3.05, 3.63) is 11.3 Å². The SMILES string of the molecule is CCN1CCCCC1c1nn(C)c2c1CCCCN2. The average Bonchev–Trinajstić information content (AvgIpc) is 2.64. The van der Waals surface area contributed by atoms with Crippen LogP contribution in [0.2, 0.25) is 0 Å². The van der Waals surface area contributed by atoms with Gasteiger partial charge in [0.15, 0.2) is 0 Å². The van der Waals surface area contributed by atoms with Gasteiger partial charge in [-0.2, -0.15) is 5.10 Å². The number of nitrogens with one attached hydrogen (secondary N) is 1. The van der Waals surface area contributed by atoms with Crippen LogP contribution in [-0.4, -0.2) is 34.3 Å². The molecule has 1 unspecified atom stereocenters. The van der Waals surface area contributed by atoms with Gasteiger partial charge in [0.2, 0.25) is 0 Å². The molecular weight excluding hydrogens is 236 g/mol. The quantitative estimate of drug-likeness (QED) is 0.889. The molecule has 0 aliphatic carbocycles. The highest BCUT2D eigenvalue weighted by Gasteiger charge is 2.29. The molecule has 106 valence electrons. The maximum absolute atomic E-state index is 4.87. The van der Waals surface area contributed by atoms with E-state index < -0.39 is 0 Å². The number of anilines is 1. The monoisotopic (exact) mass is 262 g/mol. The Morgan fingerprint density at radius 3 is 3.00 bits per heavy atom. The van der Waals surface area contributed by atoms with Crippen molar-refractivity contribution in [3.63, 3.8) is 0 Å². The number of aromatic nitrogens is 2. The second-order valence-corrected chi connectivity index (χ2v) is 5.86. The fourth-order valence-corrected chi connectivity index (χ4v) is 3.64. The van der Waals surface area contributed by atoms with Crippen molar-refractivity contribution in [2.24, 2.45) is 7.05 Å². The van der Waals surface area contributed by atoms with Gasteiger partial charge in [-0.25, -0.2) is 0 Å². The number of rotatable bonds is 2. The molecule has 2 aliphatic heterocycles. The van der Waals surface area contributed by atoms with E-state index >= 15 is 0 Å². The molecule has 1 fully saturated rings. The molecule has 0 spiro atoms. The minimum absolute atomic E-state index is 0.550. The highest BCUT2D eigenvalue weighted by atomic mass is 15.3. The van der Waals surface area contributed by atoms with Crippen molar-refractivity contribution in [2.45, 2.75) is 51.5 Å². The van der Waals surface area contributed by atoms with Gasteiger partial charge in [0.05, 0.1) is 11.7 Å². The van der Waals surface area contributed by atoms with Crippen molar-refractivity contribution in [2.75, 3.05) is 25.0 Å². The Labute approximate surface area is 116 Å². The highest BCUT2D eigenvalue weighted by molar-refractivity contribution is 5.49. The summed E-state index contributed by atoms with van der Waals surface area (Å²) in [5.41, 5.74) is 2.85.